The Bertz CT molecular complexity index is 446. The number of hydrogen-bond donors (Lipinski definition) is 2. The van der Waals surface area contributed by atoms with Gasteiger partial charge in [0.15, 0.2) is 0 Å². The first-order chi connectivity index (χ1) is 11.0. The first-order valence-electron chi connectivity index (χ1n) is 8.81. The number of aliphatic carboxylic acids is 1. The monoisotopic (exact) mass is 324 g/mol. The van der Waals surface area contributed by atoms with Gasteiger partial charge in [-0.2, -0.15) is 0 Å². The second-order valence-corrected chi connectivity index (χ2v) is 6.88. The quantitative estimate of drug-likeness (QED) is 0.809. The summed E-state index contributed by atoms with van der Waals surface area (Å²) in [6.07, 6.45) is 8.39. The van der Waals surface area contributed by atoms with Crippen LogP contribution in [0.1, 0.15) is 64.7 Å². The summed E-state index contributed by atoms with van der Waals surface area (Å²) in [5.74, 6) is -0.915. The fraction of sp³-hybridized carbons (Fsp3) is 0.824. The molecule has 23 heavy (non-hydrogen) atoms. The largest absolute Gasteiger partial charge is 0.480 e. The van der Waals surface area contributed by atoms with E-state index in [0.29, 0.717) is 25.3 Å². The molecule has 0 aromatic rings. The van der Waals surface area contributed by atoms with Gasteiger partial charge >= 0.3 is 5.97 Å². The second-order valence-electron chi connectivity index (χ2n) is 6.88. The van der Waals surface area contributed by atoms with Crippen molar-refractivity contribution < 1.29 is 19.5 Å². The van der Waals surface area contributed by atoms with E-state index in [9.17, 15) is 19.5 Å². The van der Waals surface area contributed by atoms with Crippen LogP contribution in [0.2, 0.25) is 0 Å². The van der Waals surface area contributed by atoms with Gasteiger partial charge in [-0.25, -0.2) is 4.79 Å². The summed E-state index contributed by atoms with van der Waals surface area (Å²) in [5.41, 5.74) is 0. The van der Waals surface area contributed by atoms with Crippen LogP contribution in [0.25, 0.3) is 0 Å². The van der Waals surface area contributed by atoms with E-state index >= 15 is 0 Å². The van der Waals surface area contributed by atoms with Crippen molar-refractivity contribution in [1.82, 2.24) is 10.2 Å². The molecule has 130 valence electrons. The van der Waals surface area contributed by atoms with E-state index in [-0.39, 0.29) is 11.8 Å². The minimum absolute atomic E-state index is 0.0957. The lowest BCUT2D eigenvalue weighted by atomic mass is 9.87. The Hall–Kier alpha value is -1.59. The molecule has 1 aliphatic carbocycles. The van der Waals surface area contributed by atoms with E-state index in [2.05, 4.69) is 5.32 Å². The third kappa shape index (κ3) is 4.94. The molecular formula is C17H28N2O4. The van der Waals surface area contributed by atoms with E-state index in [1.54, 1.807) is 6.92 Å². The predicted molar refractivity (Wildman–Crippen MR) is 85.8 cm³/mol. The molecular weight excluding hydrogens is 296 g/mol. The Labute approximate surface area is 137 Å². The van der Waals surface area contributed by atoms with Gasteiger partial charge < -0.3 is 15.3 Å². The van der Waals surface area contributed by atoms with Crippen LogP contribution in [0, 0.1) is 5.92 Å². The fourth-order valence-electron chi connectivity index (χ4n) is 3.72. The topological polar surface area (TPSA) is 86.7 Å². The van der Waals surface area contributed by atoms with Crippen molar-refractivity contribution in [2.24, 2.45) is 5.92 Å². The van der Waals surface area contributed by atoms with Crippen molar-refractivity contribution in [2.45, 2.75) is 76.8 Å². The van der Waals surface area contributed by atoms with Gasteiger partial charge in [-0.1, -0.05) is 19.3 Å². The molecule has 0 bridgehead atoms. The Kier molecular flexibility index (Phi) is 6.42. The van der Waals surface area contributed by atoms with Crippen LogP contribution in [-0.4, -0.2) is 46.4 Å². The number of hydrogen-bond acceptors (Lipinski definition) is 3. The highest BCUT2D eigenvalue weighted by atomic mass is 16.4. The van der Waals surface area contributed by atoms with E-state index in [4.69, 9.17) is 0 Å². The summed E-state index contributed by atoms with van der Waals surface area (Å²) in [7, 11) is 0. The van der Waals surface area contributed by atoms with Gasteiger partial charge in [0.2, 0.25) is 11.8 Å². The van der Waals surface area contributed by atoms with Crippen molar-refractivity contribution >= 4 is 17.8 Å². The number of rotatable bonds is 5. The number of piperidine rings is 1. The maximum Gasteiger partial charge on any atom is 0.326 e. The van der Waals surface area contributed by atoms with Gasteiger partial charge in [-0.15, -0.1) is 0 Å². The van der Waals surface area contributed by atoms with Crippen LogP contribution < -0.4 is 5.32 Å². The highest BCUT2D eigenvalue weighted by Gasteiger charge is 2.34. The molecule has 0 aromatic heterocycles. The number of carboxylic acids is 1. The van der Waals surface area contributed by atoms with Crippen molar-refractivity contribution in [3.05, 3.63) is 0 Å². The molecule has 2 fully saturated rings. The molecule has 1 saturated carbocycles. The first-order valence-corrected chi connectivity index (χ1v) is 8.81. The van der Waals surface area contributed by atoms with Crippen LogP contribution in [0.15, 0.2) is 0 Å². The average Bonchev–Trinajstić information content (AvgIpc) is 2.54. The maximum absolute atomic E-state index is 12.5. The number of likely N-dealkylation sites (tertiary alicyclic amines) is 1. The number of carbonyl (C=O) groups excluding carboxylic acids is 2. The number of carbonyl (C=O) groups is 3. The minimum atomic E-state index is -0.959. The molecule has 0 spiro atoms. The smallest absolute Gasteiger partial charge is 0.326 e. The molecule has 6 nitrogen and oxygen atoms in total. The van der Waals surface area contributed by atoms with Gasteiger partial charge in [0.05, 0.1) is 0 Å². The van der Waals surface area contributed by atoms with Crippen molar-refractivity contribution in [1.29, 1.82) is 0 Å². The zero-order valence-electron chi connectivity index (χ0n) is 13.9. The maximum atomic E-state index is 12.5. The Morgan fingerprint density at radius 2 is 1.74 bits per heavy atom. The van der Waals surface area contributed by atoms with Crippen LogP contribution in [0.3, 0.4) is 0 Å². The van der Waals surface area contributed by atoms with E-state index in [1.165, 1.54) is 24.2 Å². The molecule has 6 heteroatoms. The van der Waals surface area contributed by atoms with Crippen LogP contribution in [0.5, 0.6) is 0 Å². The van der Waals surface area contributed by atoms with Crippen molar-refractivity contribution in [3.63, 3.8) is 0 Å². The molecule has 2 unspecified atom stereocenters. The van der Waals surface area contributed by atoms with Gasteiger partial charge in [0.25, 0.3) is 0 Å². The standard InChI is InChI=1S/C17H28N2O4/c1-12(18-15(20)11-13-7-3-2-4-8-13)16(21)19-10-6-5-9-14(19)17(22)23/h12-14H,2-11H2,1H3,(H,18,20)(H,22,23). The van der Waals surface area contributed by atoms with Gasteiger partial charge in [-0.3, -0.25) is 9.59 Å². The third-order valence-corrected chi connectivity index (χ3v) is 5.02. The lowest BCUT2D eigenvalue weighted by Gasteiger charge is -2.35. The number of amides is 2. The minimum Gasteiger partial charge on any atom is -0.480 e. The van der Waals surface area contributed by atoms with E-state index in [0.717, 1.165) is 25.7 Å². The van der Waals surface area contributed by atoms with E-state index in [1.807, 2.05) is 0 Å². The zero-order chi connectivity index (χ0) is 16.8. The van der Waals surface area contributed by atoms with Gasteiger partial charge in [-0.05, 0) is 44.9 Å². The van der Waals surface area contributed by atoms with Crippen LogP contribution in [-0.2, 0) is 14.4 Å². The second kappa shape index (κ2) is 8.31. The van der Waals surface area contributed by atoms with Gasteiger partial charge in [0, 0.05) is 13.0 Å². The Balaban J connectivity index is 1.85. The number of nitrogens with one attached hydrogen (secondary N) is 1. The third-order valence-electron chi connectivity index (χ3n) is 5.02. The lowest BCUT2D eigenvalue weighted by Crippen LogP contribution is -2.54. The SMILES string of the molecule is CC(NC(=O)CC1CCCCC1)C(=O)N1CCCCC1C(=O)O. The predicted octanol–water partition coefficient (Wildman–Crippen LogP) is 1.93. The van der Waals surface area contributed by atoms with Crippen LogP contribution >= 0.6 is 0 Å². The van der Waals surface area contributed by atoms with Crippen molar-refractivity contribution in [2.75, 3.05) is 6.54 Å². The van der Waals surface area contributed by atoms with Crippen molar-refractivity contribution in [3.8, 4) is 0 Å². The van der Waals surface area contributed by atoms with Crippen LogP contribution in [0.4, 0.5) is 0 Å². The molecule has 1 aliphatic heterocycles. The molecule has 2 aliphatic rings. The summed E-state index contributed by atoms with van der Waals surface area (Å²) in [6, 6.07) is -1.42. The first kappa shape index (κ1) is 17.8. The average molecular weight is 324 g/mol. The lowest BCUT2D eigenvalue weighted by molar-refractivity contribution is -0.153. The molecule has 2 rings (SSSR count). The summed E-state index contributed by atoms with van der Waals surface area (Å²) in [5, 5.41) is 12.0. The Morgan fingerprint density at radius 3 is 2.39 bits per heavy atom. The summed E-state index contributed by atoms with van der Waals surface area (Å²) >= 11 is 0. The zero-order valence-corrected chi connectivity index (χ0v) is 13.9. The normalized spacial score (nSPS) is 24.0. The van der Waals surface area contributed by atoms with E-state index < -0.39 is 18.1 Å². The molecule has 1 saturated heterocycles. The fourth-order valence-corrected chi connectivity index (χ4v) is 3.72. The Morgan fingerprint density at radius 1 is 1.09 bits per heavy atom. The number of carboxylic acid groups (broad SMARTS) is 1. The molecule has 2 atom stereocenters. The summed E-state index contributed by atoms with van der Waals surface area (Å²) < 4.78 is 0. The number of nitrogens with zero attached hydrogens (tertiary/aromatic N) is 1. The molecule has 2 amide bonds. The highest BCUT2D eigenvalue weighted by molar-refractivity contribution is 5.90. The van der Waals surface area contributed by atoms with Gasteiger partial charge in [0.1, 0.15) is 12.1 Å². The molecule has 1 heterocycles. The molecule has 0 aromatic carbocycles. The molecule has 2 N–H and O–H groups in total. The summed E-state index contributed by atoms with van der Waals surface area (Å²) in [6.45, 7) is 2.10. The summed E-state index contributed by atoms with van der Waals surface area (Å²) in [4.78, 5) is 37.3. The molecule has 0 radical (unpaired) electrons. The highest BCUT2D eigenvalue weighted by Crippen LogP contribution is 2.26.